The summed E-state index contributed by atoms with van der Waals surface area (Å²) in [6.07, 6.45) is 1.04. The van der Waals surface area contributed by atoms with Gasteiger partial charge in [-0.05, 0) is 19.1 Å². The number of carbonyl (C=O) groups is 2. The number of rotatable bonds is 5. The maximum Gasteiger partial charge on any atom is 0.240 e. The molecule has 2 bridgehead atoms. The molecule has 6 rings (SSSR count). The number of nitrogens with zero attached hydrogens (tertiary/aromatic N) is 5. The molecular formula is C23H18ClN5O5S. The average Bonchev–Trinajstić information content (AvgIpc) is 3.55. The Morgan fingerprint density at radius 2 is 2.03 bits per heavy atom. The summed E-state index contributed by atoms with van der Waals surface area (Å²) in [5.41, 5.74) is -1.00. The van der Waals surface area contributed by atoms with Gasteiger partial charge in [0.1, 0.15) is 16.6 Å². The van der Waals surface area contributed by atoms with Crippen LogP contribution in [0.1, 0.15) is 19.8 Å². The van der Waals surface area contributed by atoms with Crippen molar-refractivity contribution in [2.24, 2.45) is 11.8 Å². The maximum absolute atomic E-state index is 13.8. The molecule has 3 aliphatic heterocycles. The SMILES string of the molecule is [C-]#[N+]c1ccc(N2C(=O)[C@@H]3[C@H](C2=O)C2(C)OC3(CCOc3ccc(Cl)cn3)C[C@H]2O)c2nsnc12. The number of imide groups is 1. The number of aromatic nitrogens is 3. The largest absolute Gasteiger partial charge is 0.478 e. The molecule has 0 aliphatic carbocycles. The Labute approximate surface area is 208 Å². The van der Waals surface area contributed by atoms with E-state index in [-0.39, 0.29) is 19.4 Å². The van der Waals surface area contributed by atoms with Crippen molar-refractivity contribution in [1.82, 2.24) is 13.7 Å². The summed E-state index contributed by atoms with van der Waals surface area (Å²) in [4.78, 5) is 36.2. The summed E-state index contributed by atoms with van der Waals surface area (Å²) in [6.45, 7) is 9.20. The van der Waals surface area contributed by atoms with E-state index in [4.69, 9.17) is 27.6 Å². The van der Waals surface area contributed by atoms with Gasteiger partial charge in [-0.15, -0.1) is 0 Å². The number of pyridine rings is 1. The highest BCUT2D eigenvalue weighted by molar-refractivity contribution is 7.00. The molecule has 3 aliphatic rings. The van der Waals surface area contributed by atoms with Crippen LogP contribution in [-0.4, -0.2) is 54.6 Å². The zero-order valence-electron chi connectivity index (χ0n) is 18.3. The molecular weight excluding hydrogens is 494 g/mol. The van der Waals surface area contributed by atoms with E-state index in [1.54, 1.807) is 25.1 Å². The molecule has 2 amide bonds. The van der Waals surface area contributed by atoms with Gasteiger partial charge in [0.05, 0.1) is 59.2 Å². The van der Waals surface area contributed by atoms with Crippen LogP contribution in [0, 0.1) is 18.4 Å². The number of amides is 2. The molecule has 10 nitrogen and oxygen atoms in total. The summed E-state index contributed by atoms with van der Waals surface area (Å²) in [6, 6.07) is 6.38. The van der Waals surface area contributed by atoms with E-state index >= 15 is 0 Å². The highest BCUT2D eigenvalue weighted by Crippen LogP contribution is 2.62. The van der Waals surface area contributed by atoms with Gasteiger partial charge in [-0.25, -0.2) is 14.7 Å². The van der Waals surface area contributed by atoms with E-state index in [0.717, 1.165) is 16.6 Å². The monoisotopic (exact) mass is 511 g/mol. The first-order valence-electron chi connectivity index (χ1n) is 10.9. The molecule has 5 heterocycles. The lowest BCUT2D eigenvalue weighted by molar-refractivity contribution is -0.134. The van der Waals surface area contributed by atoms with Gasteiger partial charge in [-0.2, -0.15) is 8.75 Å². The lowest BCUT2D eigenvalue weighted by Gasteiger charge is -2.33. The molecule has 12 heteroatoms. The van der Waals surface area contributed by atoms with E-state index < -0.39 is 41.0 Å². The van der Waals surface area contributed by atoms with Crippen LogP contribution in [0.5, 0.6) is 5.88 Å². The fourth-order valence-corrected chi connectivity index (χ4v) is 6.42. The van der Waals surface area contributed by atoms with Gasteiger partial charge in [0.25, 0.3) is 0 Å². The van der Waals surface area contributed by atoms with Crippen LogP contribution < -0.4 is 9.64 Å². The van der Waals surface area contributed by atoms with Crippen molar-refractivity contribution in [3.8, 4) is 5.88 Å². The Balaban J connectivity index is 1.34. The Hall–Kier alpha value is -3.17. The number of ether oxygens (including phenoxy) is 2. The molecule has 0 radical (unpaired) electrons. The second-order valence-corrected chi connectivity index (χ2v) is 10.1. The van der Waals surface area contributed by atoms with Crippen LogP contribution >= 0.6 is 23.3 Å². The molecule has 3 fully saturated rings. The zero-order chi connectivity index (χ0) is 24.5. The lowest BCUT2D eigenvalue weighted by atomic mass is 9.66. The molecule has 1 N–H and O–H groups in total. The minimum atomic E-state index is -1.21. The van der Waals surface area contributed by atoms with E-state index in [1.807, 2.05) is 0 Å². The maximum atomic E-state index is 13.8. The Kier molecular flexibility index (Phi) is 4.88. The fourth-order valence-electron chi connectivity index (χ4n) is 5.75. The number of aliphatic hydroxyl groups excluding tert-OH is 1. The smallest absolute Gasteiger partial charge is 0.240 e. The fraction of sp³-hybridized carbons (Fsp3) is 0.391. The van der Waals surface area contributed by atoms with Gasteiger partial charge in [0.2, 0.25) is 23.4 Å². The van der Waals surface area contributed by atoms with Crippen LogP contribution in [-0.2, 0) is 14.3 Å². The second kappa shape index (κ2) is 7.66. The van der Waals surface area contributed by atoms with Crippen molar-refractivity contribution in [2.45, 2.75) is 37.1 Å². The summed E-state index contributed by atoms with van der Waals surface area (Å²) < 4.78 is 20.5. The van der Waals surface area contributed by atoms with Crippen LogP contribution in [0.3, 0.4) is 0 Å². The third kappa shape index (κ3) is 3.04. The van der Waals surface area contributed by atoms with Gasteiger partial charge in [0, 0.05) is 25.1 Å². The molecule has 2 aromatic heterocycles. The predicted octanol–water partition coefficient (Wildman–Crippen LogP) is 3.16. The zero-order valence-corrected chi connectivity index (χ0v) is 19.9. The van der Waals surface area contributed by atoms with Crippen LogP contribution in [0.25, 0.3) is 15.9 Å². The number of fused-ring (bicyclic) bond motifs is 6. The first kappa shape index (κ1) is 22.3. The molecule has 3 aromatic rings. The van der Waals surface area contributed by atoms with E-state index in [1.165, 1.54) is 12.3 Å². The lowest BCUT2D eigenvalue weighted by Crippen LogP contribution is -2.49. The summed E-state index contributed by atoms with van der Waals surface area (Å²) in [7, 11) is 0. The number of aliphatic hydroxyl groups is 1. The first-order chi connectivity index (χ1) is 16.8. The minimum Gasteiger partial charge on any atom is -0.478 e. The normalized spacial score (nSPS) is 31.3. The van der Waals surface area contributed by atoms with Crippen molar-refractivity contribution in [1.29, 1.82) is 0 Å². The summed E-state index contributed by atoms with van der Waals surface area (Å²) in [5.74, 6) is -2.13. The summed E-state index contributed by atoms with van der Waals surface area (Å²) >= 11 is 6.78. The third-order valence-electron chi connectivity index (χ3n) is 7.32. The average molecular weight is 512 g/mol. The molecule has 5 atom stereocenters. The number of carbonyl (C=O) groups excluding carboxylic acids is 2. The number of anilines is 1. The highest BCUT2D eigenvalue weighted by atomic mass is 35.5. The van der Waals surface area contributed by atoms with Gasteiger partial charge in [-0.1, -0.05) is 17.7 Å². The number of halogens is 1. The van der Waals surface area contributed by atoms with Crippen molar-refractivity contribution >= 4 is 57.6 Å². The quantitative estimate of drug-likeness (QED) is 0.410. The van der Waals surface area contributed by atoms with Crippen molar-refractivity contribution in [2.75, 3.05) is 11.5 Å². The summed E-state index contributed by atoms with van der Waals surface area (Å²) in [5, 5.41) is 11.4. The molecule has 35 heavy (non-hydrogen) atoms. The Morgan fingerprint density at radius 3 is 2.77 bits per heavy atom. The van der Waals surface area contributed by atoms with Crippen LogP contribution in [0.4, 0.5) is 11.4 Å². The van der Waals surface area contributed by atoms with Crippen molar-refractivity contribution < 1.29 is 24.2 Å². The molecule has 0 spiro atoms. The van der Waals surface area contributed by atoms with Crippen molar-refractivity contribution in [3.05, 3.63) is 46.9 Å². The number of hydrogen-bond acceptors (Lipinski definition) is 9. The highest BCUT2D eigenvalue weighted by Gasteiger charge is 2.77. The molecule has 2 unspecified atom stereocenters. The standard InChI is InChI=1S/C23H18ClN5O5S/c1-22-14(30)9-23(34-22,7-8-33-15-6-3-11(24)10-26-15)17-16(22)20(31)29(21(17)32)13-5-4-12(25-2)18-19(13)28-35-27-18/h3-6,10,14,16-17,30H,7-9H2,1H3/t14-,16-,17+,22?,23?/m1/s1. The Morgan fingerprint density at radius 1 is 1.26 bits per heavy atom. The minimum absolute atomic E-state index is 0.169. The molecule has 178 valence electrons. The van der Waals surface area contributed by atoms with Gasteiger partial charge in [0.15, 0.2) is 0 Å². The predicted molar refractivity (Wildman–Crippen MR) is 125 cm³/mol. The third-order valence-corrected chi connectivity index (χ3v) is 8.08. The van der Waals surface area contributed by atoms with Crippen LogP contribution in [0.15, 0.2) is 30.5 Å². The van der Waals surface area contributed by atoms with Gasteiger partial charge >= 0.3 is 0 Å². The van der Waals surface area contributed by atoms with E-state index in [2.05, 4.69) is 18.6 Å². The van der Waals surface area contributed by atoms with E-state index in [9.17, 15) is 14.7 Å². The molecule has 1 aromatic carbocycles. The topological polar surface area (TPSA) is 119 Å². The first-order valence-corrected chi connectivity index (χ1v) is 12.0. The molecule has 0 saturated carbocycles. The van der Waals surface area contributed by atoms with E-state index in [0.29, 0.717) is 33.3 Å². The Bertz CT molecular complexity index is 1420. The van der Waals surface area contributed by atoms with Crippen LogP contribution in [0.2, 0.25) is 5.02 Å². The number of hydrogen-bond donors (Lipinski definition) is 1. The van der Waals surface area contributed by atoms with Crippen molar-refractivity contribution in [3.63, 3.8) is 0 Å². The molecule has 3 saturated heterocycles. The second-order valence-electron chi connectivity index (χ2n) is 9.13. The van der Waals surface area contributed by atoms with Gasteiger partial charge < -0.3 is 14.6 Å². The van der Waals surface area contributed by atoms with Gasteiger partial charge in [-0.3, -0.25) is 9.59 Å². The number of benzene rings is 1.